The average Bonchev–Trinajstić information content (AvgIpc) is 3.22. The maximum absolute atomic E-state index is 12.5. The first-order valence-electron chi connectivity index (χ1n) is 9.52. The van der Waals surface area contributed by atoms with Crippen LogP contribution in [-0.2, 0) is 22.5 Å². The molecule has 1 atom stereocenters. The van der Waals surface area contributed by atoms with Crippen molar-refractivity contribution in [2.75, 3.05) is 5.32 Å². The molecular formula is C22H18N4O4. The van der Waals surface area contributed by atoms with Crippen molar-refractivity contribution in [1.29, 1.82) is 5.26 Å². The normalized spacial score (nSPS) is 13.3. The summed E-state index contributed by atoms with van der Waals surface area (Å²) in [6.45, 7) is 2.12. The third-order valence-corrected chi connectivity index (χ3v) is 4.96. The Morgan fingerprint density at radius 3 is 2.90 bits per heavy atom. The molecule has 30 heavy (non-hydrogen) atoms. The van der Waals surface area contributed by atoms with E-state index >= 15 is 0 Å². The third kappa shape index (κ3) is 3.65. The zero-order valence-corrected chi connectivity index (χ0v) is 16.2. The third-order valence-electron chi connectivity index (χ3n) is 4.96. The van der Waals surface area contributed by atoms with E-state index in [2.05, 4.69) is 10.3 Å². The number of carbonyl (C=O) groups is 2. The summed E-state index contributed by atoms with van der Waals surface area (Å²) in [4.78, 5) is 41.9. The molecule has 8 nitrogen and oxygen atoms in total. The van der Waals surface area contributed by atoms with E-state index in [4.69, 9.17) is 10.00 Å². The van der Waals surface area contributed by atoms with E-state index in [1.807, 2.05) is 6.07 Å². The van der Waals surface area contributed by atoms with Crippen LogP contribution in [0.15, 0.2) is 47.3 Å². The molecule has 2 heterocycles. The summed E-state index contributed by atoms with van der Waals surface area (Å²) in [5.74, 6) is -0.494. The second-order valence-electron chi connectivity index (χ2n) is 7.05. The second-order valence-corrected chi connectivity index (χ2v) is 7.05. The van der Waals surface area contributed by atoms with Gasteiger partial charge in [0, 0.05) is 18.7 Å². The number of aromatic nitrogens is 2. The van der Waals surface area contributed by atoms with E-state index in [1.54, 1.807) is 28.8 Å². The molecule has 0 radical (unpaired) electrons. The zero-order chi connectivity index (χ0) is 21.3. The Balaban J connectivity index is 1.49. The molecule has 0 bridgehead atoms. The van der Waals surface area contributed by atoms with E-state index in [9.17, 15) is 14.4 Å². The summed E-state index contributed by atoms with van der Waals surface area (Å²) in [5.41, 5.74) is 1.38. The summed E-state index contributed by atoms with van der Waals surface area (Å²) in [7, 11) is 0. The standard InChI is InChI=1S/C22H18N4O4/c1-13(20(27)24-16-5-2-4-14(10-16)12-23)30-22(29)15-7-8-17-18(11-15)25-19-6-3-9-26(19)21(17)28/h2,4-5,7-8,10-11,13H,3,6,9H2,1H3,(H,24,27)/t13-/m0/s1. The predicted octanol–water partition coefficient (Wildman–Crippen LogP) is 2.40. The molecule has 2 aromatic carbocycles. The predicted molar refractivity (Wildman–Crippen MR) is 109 cm³/mol. The summed E-state index contributed by atoms with van der Waals surface area (Å²) in [6, 6.07) is 13.0. The van der Waals surface area contributed by atoms with Crippen LogP contribution in [0.25, 0.3) is 10.9 Å². The molecule has 3 aromatic rings. The van der Waals surface area contributed by atoms with Crippen molar-refractivity contribution in [2.45, 2.75) is 32.4 Å². The van der Waals surface area contributed by atoms with Crippen LogP contribution in [0.1, 0.15) is 35.1 Å². The minimum Gasteiger partial charge on any atom is -0.449 e. The molecule has 1 amide bonds. The van der Waals surface area contributed by atoms with Crippen molar-refractivity contribution in [1.82, 2.24) is 9.55 Å². The van der Waals surface area contributed by atoms with Gasteiger partial charge in [-0.25, -0.2) is 9.78 Å². The molecule has 1 aliphatic rings. The van der Waals surface area contributed by atoms with E-state index in [-0.39, 0.29) is 11.1 Å². The van der Waals surface area contributed by atoms with E-state index in [0.29, 0.717) is 34.5 Å². The number of hydrogen-bond donors (Lipinski definition) is 1. The van der Waals surface area contributed by atoms with E-state index in [1.165, 1.54) is 25.1 Å². The molecular weight excluding hydrogens is 384 g/mol. The summed E-state index contributed by atoms with van der Waals surface area (Å²) in [5, 5.41) is 12.0. The van der Waals surface area contributed by atoms with Gasteiger partial charge in [0.05, 0.1) is 28.1 Å². The molecule has 0 aliphatic carbocycles. The van der Waals surface area contributed by atoms with Crippen LogP contribution in [-0.4, -0.2) is 27.5 Å². The van der Waals surface area contributed by atoms with Crippen LogP contribution in [0.4, 0.5) is 5.69 Å². The largest absolute Gasteiger partial charge is 0.449 e. The summed E-state index contributed by atoms with van der Waals surface area (Å²) in [6.07, 6.45) is 0.541. The van der Waals surface area contributed by atoms with Crippen molar-refractivity contribution in [2.24, 2.45) is 0 Å². The zero-order valence-electron chi connectivity index (χ0n) is 16.2. The maximum atomic E-state index is 12.5. The number of anilines is 1. The Bertz CT molecular complexity index is 1270. The van der Waals surface area contributed by atoms with Crippen molar-refractivity contribution in [3.63, 3.8) is 0 Å². The first-order chi connectivity index (χ1) is 14.5. The molecule has 8 heteroatoms. The maximum Gasteiger partial charge on any atom is 0.338 e. The highest BCUT2D eigenvalue weighted by atomic mass is 16.5. The number of hydrogen-bond acceptors (Lipinski definition) is 6. The van der Waals surface area contributed by atoms with Gasteiger partial charge in [-0.3, -0.25) is 14.2 Å². The lowest BCUT2D eigenvalue weighted by Crippen LogP contribution is -2.30. The number of ether oxygens (including phenoxy) is 1. The van der Waals surface area contributed by atoms with Gasteiger partial charge in [0.15, 0.2) is 6.10 Å². The van der Waals surface area contributed by atoms with Crippen LogP contribution in [0.3, 0.4) is 0 Å². The van der Waals surface area contributed by atoms with Gasteiger partial charge in [0.1, 0.15) is 5.82 Å². The van der Waals surface area contributed by atoms with Gasteiger partial charge in [0.2, 0.25) is 0 Å². The van der Waals surface area contributed by atoms with Gasteiger partial charge in [-0.05, 0) is 49.7 Å². The number of aryl methyl sites for hydroxylation is 1. The van der Waals surface area contributed by atoms with Gasteiger partial charge in [-0.2, -0.15) is 5.26 Å². The number of amides is 1. The number of esters is 1. The smallest absolute Gasteiger partial charge is 0.338 e. The topological polar surface area (TPSA) is 114 Å². The number of nitriles is 1. The minimum atomic E-state index is -1.06. The highest BCUT2D eigenvalue weighted by molar-refractivity contribution is 5.98. The fraction of sp³-hybridized carbons (Fsp3) is 0.227. The van der Waals surface area contributed by atoms with Gasteiger partial charge >= 0.3 is 5.97 Å². The monoisotopic (exact) mass is 402 g/mol. The molecule has 0 saturated heterocycles. The quantitative estimate of drug-likeness (QED) is 0.670. The van der Waals surface area contributed by atoms with Gasteiger partial charge < -0.3 is 10.1 Å². The fourth-order valence-corrected chi connectivity index (χ4v) is 3.40. The fourth-order valence-electron chi connectivity index (χ4n) is 3.40. The minimum absolute atomic E-state index is 0.111. The van der Waals surface area contributed by atoms with Crippen LogP contribution < -0.4 is 10.9 Å². The average molecular weight is 402 g/mol. The molecule has 0 spiro atoms. The number of fused-ring (bicyclic) bond motifs is 2. The molecule has 0 unspecified atom stereocenters. The molecule has 150 valence electrons. The Kier molecular flexibility index (Phi) is 5.02. The Morgan fingerprint density at radius 1 is 1.27 bits per heavy atom. The van der Waals surface area contributed by atoms with Gasteiger partial charge in [-0.1, -0.05) is 6.07 Å². The Hall–Kier alpha value is -3.99. The molecule has 1 N–H and O–H groups in total. The lowest BCUT2D eigenvalue weighted by molar-refractivity contribution is -0.123. The molecule has 4 rings (SSSR count). The van der Waals surface area contributed by atoms with Crippen molar-refractivity contribution < 1.29 is 14.3 Å². The number of nitrogens with zero attached hydrogens (tertiary/aromatic N) is 3. The van der Waals surface area contributed by atoms with Crippen LogP contribution in [0.5, 0.6) is 0 Å². The van der Waals surface area contributed by atoms with Crippen molar-refractivity contribution in [3.8, 4) is 6.07 Å². The lowest BCUT2D eigenvalue weighted by atomic mass is 10.1. The highest BCUT2D eigenvalue weighted by Gasteiger charge is 2.21. The Labute approximate surface area is 171 Å². The number of benzene rings is 2. The lowest BCUT2D eigenvalue weighted by Gasteiger charge is -2.14. The molecule has 0 saturated carbocycles. The first-order valence-corrected chi connectivity index (χ1v) is 9.52. The highest BCUT2D eigenvalue weighted by Crippen LogP contribution is 2.17. The SMILES string of the molecule is C[C@H](OC(=O)c1ccc2c(=O)n3c(nc2c1)CCC3)C(=O)Nc1cccc(C#N)c1. The summed E-state index contributed by atoms with van der Waals surface area (Å²) < 4.78 is 6.93. The Morgan fingerprint density at radius 2 is 2.10 bits per heavy atom. The molecule has 1 aliphatic heterocycles. The molecule has 1 aromatic heterocycles. The number of rotatable bonds is 4. The van der Waals surface area contributed by atoms with E-state index < -0.39 is 18.0 Å². The number of nitrogens with one attached hydrogen (secondary N) is 1. The second kappa shape index (κ2) is 7.79. The van der Waals surface area contributed by atoms with Gasteiger partial charge in [-0.15, -0.1) is 0 Å². The number of carbonyl (C=O) groups excluding carboxylic acids is 2. The van der Waals surface area contributed by atoms with Crippen LogP contribution in [0.2, 0.25) is 0 Å². The van der Waals surface area contributed by atoms with Crippen LogP contribution >= 0.6 is 0 Å². The van der Waals surface area contributed by atoms with E-state index in [0.717, 1.165) is 12.8 Å². The first kappa shape index (κ1) is 19.3. The van der Waals surface area contributed by atoms with Crippen molar-refractivity contribution in [3.05, 3.63) is 69.8 Å². The summed E-state index contributed by atoms with van der Waals surface area (Å²) >= 11 is 0. The van der Waals surface area contributed by atoms with Crippen molar-refractivity contribution >= 4 is 28.5 Å². The van der Waals surface area contributed by atoms with Crippen LogP contribution in [0, 0.1) is 11.3 Å². The molecule has 0 fully saturated rings. The van der Waals surface area contributed by atoms with Gasteiger partial charge in [0.25, 0.3) is 11.5 Å².